The first-order valence-corrected chi connectivity index (χ1v) is 11.1. The van der Waals surface area contributed by atoms with Crippen molar-refractivity contribution in [3.63, 3.8) is 0 Å². The molecule has 0 aliphatic carbocycles. The summed E-state index contributed by atoms with van der Waals surface area (Å²) in [7, 11) is -3.68. The minimum atomic E-state index is -3.68. The number of benzene rings is 2. The van der Waals surface area contributed by atoms with Crippen molar-refractivity contribution in [2.75, 3.05) is 18.4 Å². The van der Waals surface area contributed by atoms with Crippen LogP contribution in [0.3, 0.4) is 0 Å². The number of Topliss-reactive ketones (excluding diaryl/α,β-unsaturated/α-hetero) is 1. The molecule has 6 nitrogen and oxygen atoms in total. The van der Waals surface area contributed by atoms with E-state index in [4.69, 9.17) is 0 Å². The summed E-state index contributed by atoms with van der Waals surface area (Å²) < 4.78 is 27.7. The lowest BCUT2D eigenvalue weighted by atomic mass is 9.94. The fourth-order valence-electron chi connectivity index (χ4n) is 3.84. The molecule has 1 N–H and O–H groups in total. The minimum absolute atomic E-state index is 0.103. The van der Waals surface area contributed by atoms with Crippen molar-refractivity contribution < 1.29 is 18.0 Å². The van der Waals surface area contributed by atoms with E-state index in [1.165, 1.54) is 23.4 Å². The molecule has 0 aromatic heterocycles. The molecule has 29 heavy (non-hydrogen) atoms. The van der Waals surface area contributed by atoms with Crippen molar-refractivity contribution in [2.45, 2.75) is 32.1 Å². The van der Waals surface area contributed by atoms with Gasteiger partial charge in [-0.05, 0) is 55.5 Å². The molecule has 0 spiro atoms. The van der Waals surface area contributed by atoms with E-state index in [-0.39, 0.29) is 16.2 Å². The Morgan fingerprint density at radius 2 is 1.66 bits per heavy atom. The third kappa shape index (κ3) is 4.74. The van der Waals surface area contributed by atoms with Crippen molar-refractivity contribution in [1.82, 2.24) is 4.31 Å². The maximum atomic E-state index is 13.1. The summed E-state index contributed by atoms with van der Waals surface area (Å²) >= 11 is 0. The number of carbonyl (C=O) groups is 2. The second-order valence-electron chi connectivity index (χ2n) is 7.85. The number of sulfonamides is 1. The molecule has 0 bridgehead atoms. The number of hydrogen-bond acceptors (Lipinski definition) is 4. The van der Waals surface area contributed by atoms with Gasteiger partial charge < -0.3 is 5.32 Å². The molecule has 154 valence electrons. The average molecular weight is 415 g/mol. The lowest BCUT2D eigenvalue weighted by molar-refractivity contribution is 0.101. The van der Waals surface area contributed by atoms with Gasteiger partial charge in [0.2, 0.25) is 10.0 Å². The molecule has 1 aliphatic heterocycles. The Labute approximate surface area is 172 Å². The Kier molecular flexibility index (Phi) is 6.19. The molecular formula is C22H26N2O4S. The molecule has 2 unspecified atom stereocenters. The van der Waals surface area contributed by atoms with Crippen LogP contribution < -0.4 is 5.32 Å². The number of nitrogens with zero attached hydrogens (tertiary/aromatic N) is 1. The van der Waals surface area contributed by atoms with Crippen LogP contribution >= 0.6 is 0 Å². The maximum absolute atomic E-state index is 13.1. The number of ketones is 1. The van der Waals surface area contributed by atoms with E-state index >= 15 is 0 Å². The Bertz CT molecular complexity index is 1020. The summed E-state index contributed by atoms with van der Waals surface area (Å²) in [6.07, 6.45) is 1.00. The van der Waals surface area contributed by atoms with Crippen LogP contribution in [0.1, 0.15) is 47.9 Å². The number of para-hydroxylation sites is 1. The van der Waals surface area contributed by atoms with Crippen LogP contribution in [0.15, 0.2) is 53.4 Å². The Morgan fingerprint density at radius 3 is 2.31 bits per heavy atom. The molecule has 0 saturated carbocycles. The molecule has 1 amide bonds. The van der Waals surface area contributed by atoms with E-state index < -0.39 is 15.9 Å². The monoisotopic (exact) mass is 414 g/mol. The fourth-order valence-corrected chi connectivity index (χ4v) is 5.57. The van der Waals surface area contributed by atoms with E-state index in [0.717, 1.165) is 6.42 Å². The highest BCUT2D eigenvalue weighted by atomic mass is 32.2. The average Bonchev–Trinajstić information content (AvgIpc) is 2.67. The number of hydrogen-bond donors (Lipinski definition) is 1. The number of anilines is 1. The lowest BCUT2D eigenvalue weighted by Gasteiger charge is -2.34. The Hall–Kier alpha value is -2.51. The van der Waals surface area contributed by atoms with Crippen LogP contribution in [-0.2, 0) is 10.0 Å². The van der Waals surface area contributed by atoms with E-state index in [1.807, 2.05) is 0 Å². The molecule has 1 fully saturated rings. The van der Waals surface area contributed by atoms with Gasteiger partial charge in [-0.2, -0.15) is 4.31 Å². The Balaban J connectivity index is 1.86. The predicted molar refractivity (Wildman–Crippen MR) is 113 cm³/mol. The van der Waals surface area contributed by atoms with E-state index in [0.29, 0.717) is 36.2 Å². The molecule has 1 saturated heterocycles. The van der Waals surface area contributed by atoms with Gasteiger partial charge in [0.15, 0.2) is 5.78 Å². The zero-order valence-corrected chi connectivity index (χ0v) is 17.7. The molecule has 3 rings (SSSR count). The van der Waals surface area contributed by atoms with Gasteiger partial charge in [-0.15, -0.1) is 0 Å². The normalized spacial score (nSPS) is 20.2. The van der Waals surface area contributed by atoms with Gasteiger partial charge in [0.1, 0.15) is 0 Å². The van der Waals surface area contributed by atoms with Crippen molar-refractivity contribution in [3.8, 4) is 0 Å². The van der Waals surface area contributed by atoms with Gasteiger partial charge in [-0.3, -0.25) is 9.59 Å². The standard InChI is InChI=1S/C22H26N2O4S/c1-15-11-16(2)14-24(13-15)29(27,28)19-8-6-7-18(12-19)22(26)23-21-10-5-4-9-20(21)17(3)25/h4-10,12,15-16H,11,13-14H2,1-3H3,(H,23,26). The third-order valence-corrected chi connectivity index (χ3v) is 6.95. The van der Waals surface area contributed by atoms with Crippen LogP contribution in [0.5, 0.6) is 0 Å². The van der Waals surface area contributed by atoms with Gasteiger partial charge in [0.25, 0.3) is 5.91 Å². The third-order valence-electron chi connectivity index (χ3n) is 5.12. The van der Waals surface area contributed by atoms with Crippen LogP contribution in [0.4, 0.5) is 5.69 Å². The van der Waals surface area contributed by atoms with Crippen molar-refractivity contribution in [3.05, 3.63) is 59.7 Å². The fraction of sp³-hybridized carbons (Fsp3) is 0.364. The van der Waals surface area contributed by atoms with Crippen LogP contribution in [-0.4, -0.2) is 37.5 Å². The minimum Gasteiger partial charge on any atom is -0.321 e. The van der Waals surface area contributed by atoms with Crippen LogP contribution in [0.25, 0.3) is 0 Å². The first-order chi connectivity index (χ1) is 13.7. The van der Waals surface area contributed by atoms with Gasteiger partial charge in [-0.1, -0.05) is 32.0 Å². The smallest absolute Gasteiger partial charge is 0.255 e. The van der Waals surface area contributed by atoms with Gasteiger partial charge in [0, 0.05) is 24.2 Å². The number of amides is 1. The number of carbonyl (C=O) groups excluding carboxylic acids is 2. The molecule has 0 radical (unpaired) electrons. The summed E-state index contributed by atoms with van der Waals surface area (Å²) in [5, 5.41) is 2.71. The number of piperidine rings is 1. The van der Waals surface area contributed by atoms with Crippen LogP contribution in [0, 0.1) is 11.8 Å². The number of nitrogens with one attached hydrogen (secondary N) is 1. The summed E-state index contributed by atoms with van der Waals surface area (Å²) in [4.78, 5) is 24.6. The summed E-state index contributed by atoms with van der Waals surface area (Å²) in [5.41, 5.74) is 1.03. The van der Waals surface area contributed by atoms with E-state index in [2.05, 4.69) is 19.2 Å². The maximum Gasteiger partial charge on any atom is 0.255 e. The van der Waals surface area contributed by atoms with E-state index in [1.54, 1.807) is 36.4 Å². The first kappa shape index (κ1) is 21.2. The highest BCUT2D eigenvalue weighted by Crippen LogP contribution is 2.27. The van der Waals surface area contributed by atoms with Gasteiger partial charge >= 0.3 is 0 Å². The van der Waals surface area contributed by atoms with Crippen molar-refractivity contribution in [1.29, 1.82) is 0 Å². The zero-order valence-electron chi connectivity index (χ0n) is 16.9. The highest BCUT2D eigenvalue weighted by Gasteiger charge is 2.32. The van der Waals surface area contributed by atoms with Crippen molar-refractivity contribution in [2.24, 2.45) is 11.8 Å². The summed E-state index contributed by atoms with van der Waals surface area (Å²) in [6, 6.07) is 12.8. The molecule has 1 aliphatic rings. The molecular weight excluding hydrogens is 388 g/mol. The second-order valence-corrected chi connectivity index (χ2v) is 9.79. The van der Waals surface area contributed by atoms with Gasteiger partial charge in [0.05, 0.1) is 10.6 Å². The van der Waals surface area contributed by atoms with Crippen molar-refractivity contribution >= 4 is 27.4 Å². The van der Waals surface area contributed by atoms with Crippen LogP contribution in [0.2, 0.25) is 0 Å². The zero-order chi connectivity index (χ0) is 21.2. The summed E-state index contributed by atoms with van der Waals surface area (Å²) in [5.74, 6) is -0.0344. The molecule has 2 aromatic carbocycles. The second kappa shape index (κ2) is 8.47. The largest absolute Gasteiger partial charge is 0.321 e. The molecule has 2 atom stereocenters. The highest BCUT2D eigenvalue weighted by molar-refractivity contribution is 7.89. The summed E-state index contributed by atoms with van der Waals surface area (Å²) in [6.45, 7) is 6.49. The number of rotatable bonds is 5. The lowest BCUT2D eigenvalue weighted by Crippen LogP contribution is -2.42. The Morgan fingerprint density at radius 1 is 1.00 bits per heavy atom. The first-order valence-electron chi connectivity index (χ1n) is 9.70. The SMILES string of the molecule is CC(=O)c1ccccc1NC(=O)c1cccc(S(=O)(=O)N2CC(C)CC(C)C2)c1. The molecule has 2 aromatic rings. The quantitative estimate of drug-likeness (QED) is 0.754. The topological polar surface area (TPSA) is 83.5 Å². The molecule has 7 heteroatoms. The van der Waals surface area contributed by atoms with Gasteiger partial charge in [-0.25, -0.2) is 8.42 Å². The molecule has 1 heterocycles. The predicted octanol–water partition coefficient (Wildman–Crippen LogP) is 3.81. The van der Waals surface area contributed by atoms with E-state index in [9.17, 15) is 18.0 Å².